The summed E-state index contributed by atoms with van der Waals surface area (Å²) in [7, 11) is 0. The third kappa shape index (κ3) is 1.42. The molecule has 1 N–H and O–H groups in total. The van der Waals surface area contributed by atoms with Gasteiger partial charge in [0, 0.05) is 30.4 Å². The van der Waals surface area contributed by atoms with Crippen LogP contribution in [-0.2, 0) is 4.74 Å². The van der Waals surface area contributed by atoms with E-state index in [2.05, 4.69) is 9.55 Å². The molecule has 16 heavy (non-hydrogen) atoms. The Hall–Kier alpha value is -1.39. The Balaban J connectivity index is 2.01. The number of nitrogens with zero attached hydrogens (tertiary/aromatic N) is 2. The van der Waals surface area contributed by atoms with Crippen molar-refractivity contribution >= 4 is 10.9 Å². The first kappa shape index (κ1) is 9.81. The predicted octanol–water partition coefficient (Wildman–Crippen LogP) is 1.70. The number of rotatable bonds is 1. The van der Waals surface area contributed by atoms with Crippen molar-refractivity contribution in [2.45, 2.75) is 31.8 Å². The van der Waals surface area contributed by atoms with Gasteiger partial charge in [0.15, 0.2) is 0 Å². The highest BCUT2D eigenvalue weighted by Gasteiger charge is 2.31. The largest absolute Gasteiger partial charge is 0.390 e. The molecule has 3 atom stereocenters. The molecule has 0 radical (unpaired) electrons. The molecule has 4 nitrogen and oxygen atoms in total. The van der Waals surface area contributed by atoms with E-state index in [1.807, 2.05) is 31.5 Å². The molecule has 1 fully saturated rings. The third-order valence-electron chi connectivity index (χ3n) is 3.19. The van der Waals surface area contributed by atoms with Crippen LogP contribution in [0.5, 0.6) is 0 Å². The maximum atomic E-state index is 9.69. The standard InChI is InChI=1S/C12H14N2O2/c1-8-11(15)6-12(16-8)14-5-3-9-7-13-4-2-10(9)14/h2-5,7-8,11-12,15H,6H2,1H3/t8-,11+,12-/m1/s1. The Morgan fingerprint density at radius 3 is 3.12 bits per heavy atom. The molecule has 3 heterocycles. The highest BCUT2D eigenvalue weighted by Crippen LogP contribution is 2.31. The van der Waals surface area contributed by atoms with E-state index in [9.17, 15) is 5.11 Å². The summed E-state index contributed by atoms with van der Waals surface area (Å²) < 4.78 is 7.78. The Kier molecular flexibility index (Phi) is 2.19. The smallest absolute Gasteiger partial charge is 0.137 e. The van der Waals surface area contributed by atoms with Crippen LogP contribution in [0.15, 0.2) is 30.7 Å². The second kappa shape index (κ2) is 3.57. The molecule has 0 aromatic carbocycles. The van der Waals surface area contributed by atoms with Crippen molar-refractivity contribution in [3.8, 4) is 0 Å². The number of hydrogen-bond donors (Lipinski definition) is 1. The van der Waals surface area contributed by atoms with Crippen LogP contribution in [0.3, 0.4) is 0 Å². The number of fused-ring (bicyclic) bond motifs is 1. The molecule has 0 spiro atoms. The van der Waals surface area contributed by atoms with E-state index >= 15 is 0 Å². The molecule has 0 saturated carbocycles. The van der Waals surface area contributed by atoms with E-state index in [0.717, 1.165) is 10.9 Å². The van der Waals surface area contributed by atoms with Gasteiger partial charge >= 0.3 is 0 Å². The summed E-state index contributed by atoms with van der Waals surface area (Å²) in [5.41, 5.74) is 1.10. The van der Waals surface area contributed by atoms with Gasteiger partial charge in [-0.15, -0.1) is 0 Å². The lowest BCUT2D eigenvalue weighted by Gasteiger charge is -2.13. The minimum Gasteiger partial charge on any atom is -0.390 e. The molecule has 84 valence electrons. The first-order valence-electron chi connectivity index (χ1n) is 5.50. The van der Waals surface area contributed by atoms with E-state index in [-0.39, 0.29) is 18.4 Å². The van der Waals surface area contributed by atoms with Crippen molar-refractivity contribution in [2.24, 2.45) is 0 Å². The average molecular weight is 218 g/mol. The van der Waals surface area contributed by atoms with Crippen molar-refractivity contribution in [3.63, 3.8) is 0 Å². The predicted molar refractivity (Wildman–Crippen MR) is 59.9 cm³/mol. The summed E-state index contributed by atoms with van der Waals surface area (Å²) in [4.78, 5) is 4.08. The van der Waals surface area contributed by atoms with Crippen molar-refractivity contribution in [2.75, 3.05) is 0 Å². The van der Waals surface area contributed by atoms with Gasteiger partial charge in [-0.05, 0) is 19.1 Å². The van der Waals surface area contributed by atoms with Gasteiger partial charge < -0.3 is 14.4 Å². The third-order valence-corrected chi connectivity index (χ3v) is 3.19. The van der Waals surface area contributed by atoms with Crippen LogP contribution in [0, 0.1) is 0 Å². The maximum absolute atomic E-state index is 9.69. The molecule has 1 aliphatic heterocycles. The summed E-state index contributed by atoms with van der Waals surface area (Å²) in [6.07, 6.45) is 5.71. The van der Waals surface area contributed by atoms with E-state index < -0.39 is 0 Å². The molecular weight excluding hydrogens is 204 g/mol. The minimum absolute atomic E-state index is 0.0649. The molecule has 1 saturated heterocycles. The zero-order valence-corrected chi connectivity index (χ0v) is 9.08. The molecule has 0 unspecified atom stereocenters. The Bertz CT molecular complexity index is 498. The zero-order valence-electron chi connectivity index (χ0n) is 9.08. The molecule has 3 rings (SSSR count). The van der Waals surface area contributed by atoms with E-state index in [1.54, 1.807) is 6.20 Å². The fourth-order valence-corrected chi connectivity index (χ4v) is 2.23. The quantitative estimate of drug-likeness (QED) is 0.792. The van der Waals surface area contributed by atoms with Crippen LogP contribution in [0.4, 0.5) is 0 Å². The molecule has 1 aliphatic rings. The second-order valence-corrected chi connectivity index (χ2v) is 4.26. The number of aliphatic hydroxyl groups excluding tert-OH is 1. The monoisotopic (exact) mass is 218 g/mol. The normalized spacial score (nSPS) is 30.0. The number of ether oxygens (including phenoxy) is 1. The van der Waals surface area contributed by atoms with Gasteiger partial charge in [0.05, 0.1) is 17.7 Å². The average Bonchev–Trinajstić information content (AvgIpc) is 2.83. The highest BCUT2D eigenvalue weighted by molar-refractivity contribution is 5.78. The van der Waals surface area contributed by atoms with Gasteiger partial charge in [-0.3, -0.25) is 4.98 Å². The van der Waals surface area contributed by atoms with Gasteiger partial charge in [0.2, 0.25) is 0 Å². The van der Waals surface area contributed by atoms with Gasteiger partial charge in [0.1, 0.15) is 6.23 Å². The van der Waals surface area contributed by atoms with E-state index in [1.165, 1.54) is 0 Å². The van der Waals surface area contributed by atoms with Crippen LogP contribution < -0.4 is 0 Å². The van der Waals surface area contributed by atoms with E-state index in [4.69, 9.17) is 4.74 Å². The molecule has 2 aromatic heterocycles. The first-order chi connectivity index (χ1) is 7.75. The number of aliphatic hydroxyl groups is 1. The number of aromatic nitrogens is 2. The summed E-state index contributed by atoms with van der Waals surface area (Å²) in [6, 6.07) is 3.98. The summed E-state index contributed by atoms with van der Waals surface area (Å²) >= 11 is 0. The first-order valence-corrected chi connectivity index (χ1v) is 5.50. The Labute approximate surface area is 93.5 Å². The van der Waals surface area contributed by atoms with Gasteiger partial charge in [0.25, 0.3) is 0 Å². The highest BCUT2D eigenvalue weighted by atomic mass is 16.5. The maximum Gasteiger partial charge on any atom is 0.137 e. The molecule has 0 bridgehead atoms. The Morgan fingerprint density at radius 1 is 1.50 bits per heavy atom. The Morgan fingerprint density at radius 2 is 2.38 bits per heavy atom. The second-order valence-electron chi connectivity index (χ2n) is 4.26. The zero-order chi connectivity index (χ0) is 11.1. The minimum atomic E-state index is -0.371. The van der Waals surface area contributed by atoms with Gasteiger partial charge in [-0.1, -0.05) is 0 Å². The molecule has 4 heteroatoms. The van der Waals surface area contributed by atoms with Crippen LogP contribution in [0.1, 0.15) is 19.6 Å². The van der Waals surface area contributed by atoms with Crippen LogP contribution >= 0.6 is 0 Å². The van der Waals surface area contributed by atoms with Gasteiger partial charge in [-0.25, -0.2) is 0 Å². The van der Waals surface area contributed by atoms with Crippen LogP contribution in [0.2, 0.25) is 0 Å². The van der Waals surface area contributed by atoms with Crippen molar-refractivity contribution in [1.29, 1.82) is 0 Å². The van der Waals surface area contributed by atoms with Crippen molar-refractivity contribution in [3.05, 3.63) is 30.7 Å². The lowest BCUT2D eigenvalue weighted by Crippen LogP contribution is -2.15. The fourth-order valence-electron chi connectivity index (χ4n) is 2.23. The van der Waals surface area contributed by atoms with Crippen molar-refractivity contribution in [1.82, 2.24) is 9.55 Å². The topological polar surface area (TPSA) is 47.3 Å². The summed E-state index contributed by atoms with van der Waals surface area (Å²) in [5.74, 6) is 0. The molecule has 2 aromatic rings. The lowest BCUT2D eigenvalue weighted by molar-refractivity contribution is -0.00586. The van der Waals surface area contributed by atoms with Crippen molar-refractivity contribution < 1.29 is 9.84 Å². The molecular formula is C12H14N2O2. The summed E-state index contributed by atoms with van der Waals surface area (Å²) in [5, 5.41) is 10.8. The van der Waals surface area contributed by atoms with E-state index in [0.29, 0.717) is 6.42 Å². The SMILES string of the molecule is C[C@H]1O[C@@H](n2ccc3cnccc32)C[C@@H]1O. The number of pyridine rings is 1. The molecule has 0 amide bonds. The number of hydrogen-bond acceptors (Lipinski definition) is 3. The lowest BCUT2D eigenvalue weighted by atomic mass is 10.2. The fraction of sp³-hybridized carbons (Fsp3) is 0.417. The molecule has 0 aliphatic carbocycles. The summed E-state index contributed by atoms with van der Waals surface area (Å²) in [6.45, 7) is 1.90. The van der Waals surface area contributed by atoms with Crippen LogP contribution in [-0.4, -0.2) is 26.9 Å². The van der Waals surface area contributed by atoms with Crippen LogP contribution in [0.25, 0.3) is 10.9 Å². The van der Waals surface area contributed by atoms with Gasteiger partial charge in [-0.2, -0.15) is 0 Å².